The molecular weight excluding hydrogens is 324 g/mol. The molecule has 1 heterocycles. The number of unbranched alkanes of at least 4 members (excludes halogenated alkanes) is 3. The number of aliphatic hydroxyl groups is 1. The molecule has 2 atom stereocenters. The number of amides is 3. The first kappa shape index (κ1) is 19.7. The fourth-order valence-corrected chi connectivity index (χ4v) is 3.88. The molecule has 1 saturated carbocycles. The minimum atomic E-state index is -0.788. The standard InChI is InChI=1S/C18H30N2O5/c21-15(13-8-4-3-5-9-13)12-20-14(17(24)19-18(20)25)10-6-1-2-7-11-16(22)23/h13-15,21H,1-12H2,(H,22,23)(H,19,24,25)/t14-,15+/m0/s1. The molecule has 0 aromatic heterocycles. The van der Waals surface area contributed by atoms with Crippen LogP contribution in [0.25, 0.3) is 0 Å². The van der Waals surface area contributed by atoms with E-state index in [2.05, 4.69) is 5.32 Å². The van der Waals surface area contributed by atoms with Gasteiger partial charge in [0.05, 0.1) is 6.10 Å². The van der Waals surface area contributed by atoms with Crippen LogP contribution >= 0.6 is 0 Å². The quantitative estimate of drug-likeness (QED) is 0.412. The molecule has 7 heteroatoms. The topological polar surface area (TPSA) is 107 Å². The summed E-state index contributed by atoms with van der Waals surface area (Å²) in [7, 11) is 0. The van der Waals surface area contributed by atoms with Gasteiger partial charge in [0.2, 0.25) is 0 Å². The second kappa shape index (κ2) is 9.75. The zero-order chi connectivity index (χ0) is 18.2. The molecule has 3 amide bonds. The number of urea groups is 1. The summed E-state index contributed by atoms with van der Waals surface area (Å²) in [4.78, 5) is 36.0. The van der Waals surface area contributed by atoms with Crippen molar-refractivity contribution in [3.05, 3.63) is 0 Å². The van der Waals surface area contributed by atoms with E-state index >= 15 is 0 Å². The maximum atomic E-state index is 12.0. The Labute approximate surface area is 148 Å². The van der Waals surface area contributed by atoms with E-state index in [1.54, 1.807) is 0 Å². The monoisotopic (exact) mass is 354 g/mol. The lowest BCUT2D eigenvalue weighted by Gasteiger charge is -2.31. The summed E-state index contributed by atoms with van der Waals surface area (Å²) < 4.78 is 0. The third kappa shape index (κ3) is 5.99. The van der Waals surface area contributed by atoms with Gasteiger partial charge in [-0.15, -0.1) is 0 Å². The minimum Gasteiger partial charge on any atom is -0.481 e. The highest BCUT2D eigenvalue weighted by Gasteiger charge is 2.39. The van der Waals surface area contributed by atoms with Gasteiger partial charge in [-0.05, 0) is 31.6 Å². The molecular formula is C18H30N2O5. The van der Waals surface area contributed by atoms with Crippen LogP contribution in [0.2, 0.25) is 0 Å². The van der Waals surface area contributed by atoms with Gasteiger partial charge >= 0.3 is 12.0 Å². The number of β-amino-alcohol motifs (C(OH)–C–C–N with tert-alkyl or cyclic N) is 1. The maximum absolute atomic E-state index is 12.0. The summed E-state index contributed by atoms with van der Waals surface area (Å²) in [6, 6.07) is -0.916. The SMILES string of the molecule is O=C(O)CCCCCC[C@H]1C(=O)NC(=O)N1C[C@@H](O)C1CCCCC1. The van der Waals surface area contributed by atoms with Crippen molar-refractivity contribution in [3.63, 3.8) is 0 Å². The predicted octanol–water partition coefficient (Wildman–Crippen LogP) is 2.27. The molecule has 0 aromatic rings. The molecule has 0 aromatic carbocycles. The Morgan fingerprint density at radius 2 is 1.80 bits per heavy atom. The van der Waals surface area contributed by atoms with Crippen LogP contribution in [0.4, 0.5) is 4.79 Å². The number of aliphatic carboxylic acids is 1. The normalized spacial score (nSPS) is 22.9. The highest BCUT2D eigenvalue weighted by atomic mass is 16.4. The third-order valence-corrected chi connectivity index (χ3v) is 5.37. The van der Waals surface area contributed by atoms with Gasteiger partial charge in [-0.3, -0.25) is 14.9 Å². The molecule has 0 spiro atoms. The van der Waals surface area contributed by atoms with Crippen LogP contribution in [0.15, 0.2) is 0 Å². The highest BCUT2D eigenvalue weighted by Crippen LogP contribution is 2.28. The molecule has 1 saturated heterocycles. The Kier molecular flexibility index (Phi) is 7.68. The molecule has 0 bridgehead atoms. The lowest BCUT2D eigenvalue weighted by Crippen LogP contribution is -2.43. The van der Waals surface area contributed by atoms with Crippen LogP contribution in [-0.2, 0) is 9.59 Å². The first-order valence-electron chi connectivity index (χ1n) is 9.50. The molecule has 142 valence electrons. The number of rotatable bonds is 10. The predicted molar refractivity (Wildman–Crippen MR) is 92.0 cm³/mol. The molecule has 7 nitrogen and oxygen atoms in total. The fraction of sp³-hybridized carbons (Fsp3) is 0.833. The van der Waals surface area contributed by atoms with Gasteiger partial charge in [0.15, 0.2) is 0 Å². The molecule has 25 heavy (non-hydrogen) atoms. The van der Waals surface area contributed by atoms with Crippen molar-refractivity contribution in [1.29, 1.82) is 0 Å². The largest absolute Gasteiger partial charge is 0.481 e. The lowest BCUT2D eigenvalue weighted by atomic mass is 9.85. The van der Waals surface area contributed by atoms with E-state index in [0.717, 1.165) is 44.9 Å². The Morgan fingerprint density at radius 3 is 2.48 bits per heavy atom. The van der Waals surface area contributed by atoms with Crippen molar-refractivity contribution in [2.24, 2.45) is 5.92 Å². The fourth-order valence-electron chi connectivity index (χ4n) is 3.88. The van der Waals surface area contributed by atoms with Gasteiger partial charge in [0.1, 0.15) is 6.04 Å². The molecule has 2 aliphatic rings. The van der Waals surface area contributed by atoms with E-state index in [-0.39, 0.29) is 24.8 Å². The second-order valence-corrected chi connectivity index (χ2v) is 7.27. The maximum Gasteiger partial charge on any atom is 0.324 e. The number of carbonyl (C=O) groups excluding carboxylic acids is 2. The summed E-state index contributed by atoms with van der Waals surface area (Å²) in [5, 5.41) is 21.4. The van der Waals surface area contributed by atoms with E-state index < -0.39 is 24.1 Å². The van der Waals surface area contributed by atoms with Crippen molar-refractivity contribution in [1.82, 2.24) is 10.2 Å². The Hall–Kier alpha value is -1.63. The van der Waals surface area contributed by atoms with Crippen LogP contribution in [0.5, 0.6) is 0 Å². The van der Waals surface area contributed by atoms with Crippen molar-refractivity contribution in [2.75, 3.05) is 6.54 Å². The highest BCUT2D eigenvalue weighted by molar-refractivity contribution is 6.04. The Morgan fingerprint density at radius 1 is 1.12 bits per heavy atom. The number of imide groups is 1. The van der Waals surface area contributed by atoms with Crippen LogP contribution < -0.4 is 5.32 Å². The van der Waals surface area contributed by atoms with E-state index in [0.29, 0.717) is 12.8 Å². The number of carbonyl (C=O) groups is 3. The first-order valence-corrected chi connectivity index (χ1v) is 9.50. The molecule has 1 aliphatic carbocycles. The van der Waals surface area contributed by atoms with Gasteiger partial charge in [0, 0.05) is 13.0 Å². The minimum absolute atomic E-state index is 0.169. The summed E-state index contributed by atoms with van der Waals surface area (Å²) in [5.74, 6) is -0.857. The molecule has 1 aliphatic heterocycles. The van der Waals surface area contributed by atoms with Crippen LogP contribution in [0.1, 0.15) is 70.6 Å². The number of nitrogens with one attached hydrogen (secondary N) is 1. The van der Waals surface area contributed by atoms with Gasteiger partial charge in [-0.25, -0.2) is 4.79 Å². The molecule has 0 unspecified atom stereocenters. The summed E-state index contributed by atoms with van der Waals surface area (Å²) in [6.45, 7) is 0.214. The van der Waals surface area contributed by atoms with Crippen LogP contribution in [0.3, 0.4) is 0 Å². The van der Waals surface area contributed by atoms with Gasteiger partial charge < -0.3 is 15.1 Å². The van der Waals surface area contributed by atoms with Crippen molar-refractivity contribution < 1.29 is 24.6 Å². The first-order chi connectivity index (χ1) is 12.0. The van der Waals surface area contributed by atoms with Crippen LogP contribution in [0, 0.1) is 5.92 Å². The number of hydrogen-bond donors (Lipinski definition) is 3. The number of carboxylic acids is 1. The van der Waals surface area contributed by atoms with E-state index in [1.165, 1.54) is 11.3 Å². The average molecular weight is 354 g/mol. The van der Waals surface area contributed by atoms with E-state index in [9.17, 15) is 19.5 Å². The van der Waals surface area contributed by atoms with Gasteiger partial charge in [-0.2, -0.15) is 0 Å². The smallest absolute Gasteiger partial charge is 0.324 e. The number of hydrogen-bond acceptors (Lipinski definition) is 4. The zero-order valence-electron chi connectivity index (χ0n) is 14.8. The van der Waals surface area contributed by atoms with Crippen LogP contribution in [-0.4, -0.2) is 51.7 Å². The average Bonchev–Trinajstić information content (AvgIpc) is 2.85. The van der Waals surface area contributed by atoms with E-state index in [1.807, 2.05) is 0 Å². The Bertz CT molecular complexity index is 476. The van der Waals surface area contributed by atoms with Gasteiger partial charge in [-0.1, -0.05) is 38.5 Å². The lowest BCUT2D eigenvalue weighted by molar-refractivity contribution is -0.137. The summed E-state index contributed by atoms with van der Waals surface area (Å²) >= 11 is 0. The number of carboxylic acid groups (broad SMARTS) is 1. The number of aliphatic hydroxyl groups excluding tert-OH is 1. The zero-order valence-corrected chi connectivity index (χ0v) is 14.8. The second-order valence-electron chi connectivity index (χ2n) is 7.27. The van der Waals surface area contributed by atoms with Gasteiger partial charge in [0.25, 0.3) is 5.91 Å². The van der Waals surface area contributed by atoms with Crippen molar-refractivity contribution in [3.8, 4) is 0 Å². The molecule has 2 fully saturated rings. The van der Waals surface area contributed by atoms with Crippen molar-refractivity contribution in [2.45, 2.75) is 82.8 Å². The third-order valence-electron chi connectivity index (χ3n) is 5.37. The number of nitrogens with zero attached hydrogens (tertiary/aromatic N) is 1. The van der Waals surface area contributed by atoms with E-state index in [4.69, 9.17) is 5.11 Å². The molecule has 0 radical (unpaired) electrons. The Balaban J connectivity index is 1.77. The molecule has 2 rings (SSSR count). The van der Waals surface area contributed by atoms with Crippen molar-refractivity contribution >= 4 is 17.9 Å². The summed E-state index contributed by atoms with van der Waals surface area (Å²) in [6.07, 6.45) is 8.60. The molecule has 3 N–H and O–H groups in total. The summed E-state index contributed by atoms with van der Waals surface area (Å²) in [5.41, 5.74) is 0.